The molecule has 1 saturated heterocycles. The molecule has 14 heavy (non-hydrogen) atoms. The smallest absolute Gasteiger partial charge is 0.0728 e. The molecule has 0 bridgehead atoms. The van der Waals surface area contributed by atoms with E-state index in [1.807, 2.05) is 24.1 Å². The molecule has 2 rings (SSSR count). The highest BCUT2D eigenvalue weighted by atomic mass is 15.3. The molecule has 0 amide bonds. The van der Waals surface area contributed by atoms with Crippen LogP contribution in [-0.2, 0) is 7.05 Å². The predicted molar refractivity (Wildman–Crippen MR) is 57.3 cm³/mol. The Morgan fingerprint density at radius 1 is 1.50 bits per heavy atom. The lowest BCUT2D eigenvalue weighted by Gasteiger charge is -2.15. The SMILES string of the molecule is Cn1cc(NC2CCCNCC2)cn1. The molecule has 2 heterocycles. The van der Waals surface area contributed by atoms with Crippen molar-refractivity contribution in [1.82, 2.24) is 15.1 Å². The van der Waals surface area contributed by atoms with Crippen molar-refractivity contribution < 1.29 is 0 Å². The zero-order valence-corrected chi connectivity index (χ0v) is 8.66. The number of nitrogens with one attached hydrogen (secondary N) is 2. The van der Waals surface area contributed by atoms with Crippen molar-refractivity contribution in [3.05, 3.63) is 12.4 Å². The normalized spacial score (nSPS) is 23.1. The third-order valence-corrected chi connectivity index (χ3v) is 2.65. The van der Waals surface area contributed by atoms with Gasteiger partial charge in [0.05, 0.1) is 11.9 Å². The highest BCUT2D eigenvalue weighted by Crippen LogP contribution is 2.12. The molecule has 0 spiro atoms. The first-order chi connectivity index (χ1) is 6.84. The van der Waals surface area contributed by atoms with Crippen LogP contribution in [0.3, 0.4) is 0 Å². The molecule has 0 radical (unpaired) electrons. The van der Waals surface area contributed by atoms with Gasteiger partial charge in [-0.25, -0.2) is 0 Å². The largest absolute Gasteiger partial charge is 0.380 e. The zero-order chi connectivity index (χ0) is 9.80. The summed E-state index contributed by atoms with van der Waals surface area (Å²) in [6.45, 7) is 2.28. The van der Waals surface area contributed by atoms with Crippen LogP contribution in [0.2, 0.25) is 0 Å². The molecule has 0 aliphatic carbocycles. The fourth-order valence-corrected chi connectivity index (χ4v) is 1.89. The van der Waals surface area contributed by atoms with E-state index < -0.39 is 0 Å². The van der Waals surface area contributed by atoms with Gasteiger partial charge in [-0.05, 0) is 32.4 Å². The molecule has 1 aromatic rings. The number of nitrogens with zero attached hydrogens (tertiary/aromatic N) is 2. The third-order valence-electron chi connectivity index (χ3n) is 2.65. The van der Waals surface area contributed by atoms with Crippen LogP contribution in [0.1, 0.15) is 19.3 Å². The first-order valence-electron chi connectivity index (χ1n) is 5.30. The van der Waals surface area contributed by atoms with Crippen molar-refractivity contribution in [2.45, 2.75) is 25.3 Å². The Kier molecular flexibility index (Phi) is 3.03. The number of aryl methyl sites for hydroxylation is 1. The zero-order valence-electron chi connectivity index (χ0n) is 8.66. The highest BCUT2D eigenvalue weighted by molar-refractivity contribution is 5.39. The van der Waals surface area contributed by atoms with Crippen LogP contribution in [0.15, 0.2) is 12.4 Å². The number of hydrogen-bond donors (Lipinski definition) is 2. The highest BCUT2D eigenvalue weighted by Gasteiger charge is 2.11. The van der Waals surface area contributed by atoms with Gasteiger partial charge in [0.25, 0.3) is 0 Å². The van der Waals surface area contributed by atoms with Crippen LogP contribution < -0.4 is 10.6 Å². The van der Waals surface area contributed by atoms with Gasteiger partial charge < -0.3 is 10.6 Å². The minimum absolute atomic E-state index is 0.606. The Morgan fingerprint density at radius 3 is 3.21 bits per heavy atom. The van der Waals surface area contributed by atoms with E-state index in [-0.39, 0.29) is 0 Å². The second kappa shape index (κ2) is 4.46. The minimum atomic E-state index is 0.606. The Hall–Kier alpha value is -1.03. The molecule has 2 N–H and O–H groups in total. The van der Waals surface area contributed by atoms with E-state index >= 15 is 0 Å². The maximum Gasteiger partial charge on any atom is 0.0728 e. The Morgan fingerprint density at radius 2 is 2.43 bits per heavy atom. The molecule has 1 unspecified atom stereocenters. The Bertz CT molecular complexity index is 273. The lowest BCUT2D eigenvalue weighted by Crippen LogP contribution is -2.21. The van der Waals surface area contributed by atoms with Crippen LogP contribution in [-0.4, -0.2) is 28.9 Å². The van der Waals surface area contributed by atoms with Crippen molar-refractivity contribution >= 4 is 5.69 Å². The summed E-state index contributed by atoms with van der Waals surface area (Å²) in [5, 5.41) is 11.1. The van der Waals surface area contributed by atoms with Crippen molar-refractivity contribution in [3.8, 4) is 0 Å². The van der Waals surface area contributed by atoms with Crippen LogP contribution in [0, 0.1) is 0 Å². The molecular weight excluding hydrogens is 176 g/mol. The molecular formula is C10H18N4. The van der Waals surface area contributed by atoms with E-state index in [9.17, 15) is 0 Å². The molecule has 1 aliphatic heterocycles. The number of hydrogen-bond acceptors (Lipinski definition) is 3. The molecule has 1 fully saturated rings. The van der Waals surface area contributed by atoms with Crippen LogP contribution >= 0.6 is 0 Å². The van der Waals surface area contributed by atoms with E-state index in [1.54, 1.807) is 0 Å². The summed E-state index contributed by atoms with van der Waals surface area (Å²) in [6, 6.07) is 0.606. The second-order valence-electron chi connectivity index (χ2n) is 3.92. The van der Waals surface area contributed by atoms with E-state index in [0.717, 1.165) is 18.8 Å². The summed E-state index contributed by atoms with van der Waals surface area (Å²) in [7, 11) is 1.94. The maximum atomic E-state index is 4.14. The van der Waals surface area contributed by atoms with Gasteiger partial charge >= 0.3 is 0 Å². The fourth-order valence-electron chi connectivity index (χ4n) is 1.89. The van der Waals surface area contributed by atoms with Crippen molar-refractivity contribution in [2.24, 2.45) is 7.05 Å². The summed E-state index contributed by atoms with van der Waals surface area (Å²) in [5.41, 5.74) is 1.14. The van der Waals surface area contributed by atoms with Gasteiger partial charge in [0.2, 0.25) is 0 Å². The van der Waals surface area contributed by atoms with Gasteiger partial charge in [0.1, 0.15) is 0 Å². The quantitative estimate of drug-likeness (QED) is 0.737. The van der Waals surface area contributed by atoms with E-state index in [1.165, 1.54) is 19.3 Å². The lowest BCUT2D eigenvalue weighted by molar-refractivity contribution is 0.637. The van der Waals surface area contributed by atoms with Gasteiger partial charge in [-0.3, -0.25) is 4.68 Å². The molecule has 1 atom stereocenters. The van der Waals surface area contributed by atoms with Crippen LogP contribution in [0.4, 0.5) is 5.69 Å². The lowest BCUT2D eigenvalue weighted by atomic mass is 10.1. The first-order valence-corrected chi connectivity index (χ1v) is 5.30. The van der Waals surface area contributed by atoms with Gasteiger partial charge in [0.15, 0.2) is 0 Å². The molecule has 1 aromatic heterocycles. The summed E-state index contributed by atoms with van der Waals surface area (Å²) in [6.07, 6.45) is 7.63. The van der Waals surface area contributed by atoms with E-state index in [4.69, 9.17) is 0 Å². The number of rotatable bonds is 2. The summed E-state index contributed by atoms with van der Waals surface area (Å²) in [4.78, 5) is 0. The molecule has 4 heteroatoms. The van der Waals surface area contributed by atoms with Crippen molar-refractivity contribution in [3.63, 3.8) is 0 Å². The molecule has 4 nitrogen and oxygen atoms in total. The predicted octanol–water partition coefficient (Wildman–Crippen LogP) is 0.974. The number of aromatic nitrogens is 2. The molecule has 0 aromatic carbocycles. The second-order valence-corrected chi connectivity index (χ2v) is 3.92. The molecule has 1 aliphatic rings. The van der Waals surface area contributed by atoms with E-state index in [0.29, 0.717) is 6.04 Å². The monoisotopic (exact) mass is 194 g/mol. The third kappa shape index (κ3) is 2.48. The standard InChI is InChI=1S/C10H18N4/c1-14-8-10(7-12-14)13-9-3-2-5-11-6-4-9/h7-9,11,13H,2-6H2,1H3. The van der Waals surface area contributed by atoms with Gasteiger partial charge in [-0.2, -0.15) is 5.10 Å². The maximum absolute atomic E-state index is 4.14. The van der Waals surface area contributed by atoms with Gasteiger partial charge in [-0.15, -0.1) is 0 Å². The summed E-state index contributed by atoms with van der Waals surface area (Å²) >= 11 is 0. The van der Waals surface area contributed by atoms with Gasteiger partial charge in [0, 0.05) is 19.3 Å². The summed E-state index contributed by atoms with van der Waals surface area (Å²) in [5.74, 6) is 0. The van der Waals surface area contributed by atoms with E-state index in [2.05, 4.69) is 15.7 Å². The average molecular weight is 194 g/mol. The fraction of sp³-hybridized carbons (Fsp3) is 0.700. The average Bonchev–Trinajstić information content (AvgIpc) is 2.43. The van der Waals surface area contributed by atoms with Gasteiger partial charge in [-0.1, -0.05) is 0 Å². The topological polar surface area (TPSA) is 41.9 Å². The first kappa shape index (κ1) is 9.52. The van der Waals surface area contributed by atoms with Crippen LogP contribution in [0.5, 0.6) is 0 Å². The molecule has 78 valence electrons. The Balaban J connectivity index is 1.89. The minimum Gasteiger partial charge on any atom is -0.380 e. The van der Waals surface area contributed by atoms with Crippen molar-refractivity contribution in [2.75, 3.05) is 18.4 Å². The summed E-state index contributed by atoms with van der Waals surface area (Å²) < 4.78 is 1.83. The Labute approximate surface area is 84.7 Å². The van der Waals surface area contributed by atoms with Crippen LogP contribution in [0.25, 0.3) is 0 Å². The number of anilines is 1. The molecule has 0 saturated carbocycles. The van der Waals surface area contributed by atoms with Crippen molar-refractivity contribution in [1.29, 1.82) is 0 Å².